The number of hydrogen-bond acceptors (Lipinski definition) is 10. The molecule has 0 aliphatic heterocycles. The molecule has 10 N–H and O–H groups in total. The number of halogens is 2. The van der Waals surface area contributed by atoms with Crippen LogP contribution in [0.5, 0.6) is 0 Å². The first-order chi connectivity index (χ1) is 31.8. The number of aromatic carboxylic acids is 2. The monoisotopic (exact) mass is 970 g/mol. The van der Waals surface area contributed by atoms with Crippen LogP contribution in [0.3, 0.4) is 0 Å². The molecular formula is C52H56Cl2N2O8S2. The largest absolute Gasteiger partial charge is 0.544 e. The van der Waals surface area contributed by atoms with Gasteiger partial charge in [0.15, 0.2) is 0 Å². The van der Waals surface area contributed by atoms with Gasteiger partial charge in [-0.2, -0.15) is 0 Å². The zero-order chi connectivity index (χ0) is 48.4. The summed E-state index contributed by atoms with van der Waals surface area (Å²) in [6, 6.07) is 53.3. The average molecular weight is 972 g/mol. The highest BCUT2D eigenvalue weighted by Gasteiger charge is 2.22. The van der Waals surface area contributed by atoms with Crippen molar-refractivity contribution in [3.05, 3.63) is 212 Å². The number of fused-ring (bicyclic) bond motifs is 2. The molecule has 2 aromatic heterocycles. The Hall–Kier alpha value is -5.48. The van der Waals surface area contributed by atoms with Gasteiger partial charge in [0.25, 0.3) is 0 Å². The molecule has 0 aliphatic carbocycles. The van der Waals surface area contributed by atoms with E-state index in [2.05, 4.69) is 11.5 Å². The molecule has 348 valence electrons. The molecule has 0 saturated heterocycles. The fourth-order valence-corrected chi connectivity index (χ4v) is 8.51. The zero-order valence-corrected chi connectivity index (χ0v) is 39.9. The van der Waals surface area contributed by atoms with Crippen molar-refractivity contribution >= 4 is 78.0 Å². The third-order valence-electron chi connectivity index (χ3n) is 9.39. The van der Waals surface area contributed by atoms with Gasteiger partial charge in [-0.15, -0.1) is 22.7 Å². The topological polar surface area (TPSA) is 216 Å². The molecule has 8 aromatic rings. The van der Waals surface area contributed by atoms with Gasteiger partial charge in [-0.05, 0) is 36.1 Å². The van der Waals surface area contributed by atoms with Crippen molar-refractivity contribution in [2.45, 2.75) is 51.0 Å². The number of carbonyl (C=O) groups is 2. The number of benzene rings is 6. The molecule has 0 amide bonds. The lowest BCUT2D eigenvalue weighted by Gasteiger charge is -2.16. The van der Waals surface area contributed by atoms with Crippen LogP contribution >= 0.6 is 45.9 Å². The molecule has 0 fully saturated rings. The molecule has 0 bridgehead atoms. The minimum atomic E-state index is -1.22. The summed E-state index contributed by atoms with van der Waals surface area (Å²) in [4.78, 5) is 21.4. The molecule has 10 nitrogen and oxygen atoms in total. The first kappa shape index (κ1) is 54.9. The molecule has 66 heavy (non-hydrogen) atoms. The summed E-state index contributed by atoms with van der Waals surface area (Å²) in [7, 11) is 0. The summed E-state index contributed by atoms with van der Waals surface area (Å²) in [6.07, 6.45) is 0.646. The van der Waals surface area contributed by atoms with E-state index in [0.29, 0.717) is 13.2 Å². The highest BCUT2D eigenvalue weighted by molar-refractivity contribution is 7.22. The fraction of sp³-hybridized carbons (Fsp3) is 0.192. The van der Waals surface area contributed by atoms with Crippen LogP contribution in [0.15, 0.2) is 170 Å². The smallest absolute Gasteiger partial charge is 0.140 e. The number of rotatable bonds is 10. The molecular weight excluding hydrogens is 916 g/mol. The van der Waals surface area contributed by atoms with E-state index in [0.717, 1.165) is 77.9 Å². The minimum absolute atomic E-state index is 0.0999. The van der Waals surface area contributed by atoms with Crippen LogP contribution in [0.25, 0.3) is 20.2 Å². The number of carbonyl (C=O) groups excluding carboxylic acids is 2. The Morgan fingerprint density at radius 3 is 0.970 bits per heavy atom. The first-order valence-electron chi connectivity index (χ1n) is 21.0. The van der Waals surface area contributed by atoms with E-state index >= 15 is 0 Å². The Bertz CT molecular complexity index is 2330. The van der Waals surface area contributed by atoms with Crippen LogP contribution in [-0.2, 0) is 0 Å². The van der Waals surface area contributed by atoms with E-state index in [1.54, 1.807) is 12.1 Å². The summed E-state index contributed by atoms with van der Waals surface area (Å²) >= 11 is 14.0. The third kappa shape index (κ3) is 17.1. The van der Waals surface area contributed by atoms with Gasteiger partial charge in [-0.1, -0.05) is 195 Å². The summed E-state index contributed by atoms with van der Waals surface area (Å²) < 4.78 is 1.73. The van der Waals surface area contributed by atoms with Crippen molar-refractivity contribution in [2.75, 3.05) is 13.2 Å². The van der Waals surface area contributed by atoms with Gasteiger partial charge in [0.1, 0.15) is 24.3 Å². The molecule has 2 heterocycles. The van der Waals surface area contributed by atoms with E-state index in [1.807, 2.05) is 172 Å². The van der Waals surface area contributed by atoms with Crippen molar-refractivity contribution in [1.82, 2.24) is 0 Å². The van der Waals surface area contributed by atoms with E-state index in [4.69, 9.17) is 33.4 Å². The van der Waals surface area contributed by atoms with Crippen molar-refractivity contribution in [2.24, 2.45) is 0 Å². The second-order valence-corrected chi connectivity index (χ2v) is 17.1. The molecule has 0 radical (unpaired) electrons. The Morgan fingerprint density at radius 2 is 0.727 bits per heavy atom. The number of carboxylic acids is 2. The highest BCUT2D eigenvalue weighted by Crippen LogP contribution is 2.35. The molecule has 6 aromatic carbocycles. The van der Waals surface area contributed by atoms with Crippen LogP contribution in [-0.4, -0.2) is 45.6 Å². The van der Waals surface area contributed by atoms with E-state index in [-0.39, 0.29) is 31.9 Å². The number of hydrogen-bond donors (Lipinski definition) is 6. The van der Waals surface area contributed by atoms with Crippen molar-refractivity contribution in [3.8, 4) is 0 Å². The Kier molecular flexibility index (Phi) is 24.9. The molecule has 0 saturated carbocycles. The molecule has 8 rings (SSSR count). The second-order valence-electron chi connectivity index (χ2n) is 14.3. The van der Waals surface area contributed by atoms with Crippen molar-refractivity contribution in [1.29, 1.82) is 0 Å². The van der Waals surface area contributed by atoms with Gasteiger partial charge in [-0.25, -0.2) is 0 Å². The van der Waals surface area contributed by atoms with Crippen molar-refractivity contribution in [3.63, 3.8) is 0 Å². The van der Waals surface area contributed by atoms with Gasteiger partial charge >= 0.3 is 0 Å². The molecule has 4 atom stereocenters. The Balaban J connectivity index is 0.000000222. The van der Waals surface area contributed by atoms with Crippen LogP contribution in [0, 0.1) is 0 Å². The molecule has 14 heteroatoms. The number of aliphatic hydroxyl groups excluding tert-OH is 4. The third-order valence-corrected chi connectivity index (χ3v) is 12.7. The first-order valence-corrected chi connectivity index (χ1v) is 23.4. The van der Waals surface area contributed by atoms with Gasteiger partial charge in [0.2, 0.25) is 0 Å². The normalized spacial score (nSPS) is 12.0. The molecule has 0 unspecified atom stereocenters. The lowest BCUT2D eigenvalue weighted by Crippen LogP contribution is -2.56. The predicted octanol–water partition coefficient (Wildman–Crippen LogP) is 8.02. The van der Waals surface area contributed by atoms with Crippen LogP contribution in [0.2, 0.25) is 10.0 Å². The zero-order valence-electron chi connectivity index (χ0n) is 36.7. The summed E-state index contributed by atoms with van der Waals surface area (Å²) in [5, 5.41) is 59.4. The van der Waals surface area contributed by atoms with E-state index in [9.17, 15) is 30.0 Å². The minimum Gasteiger partial charge on any atom is -0.544 e. The van der Waals surface area contributed by atoms with E-state index < -0.39 is 24.1 Å². The number of carboxylic acid groups (broad SMARTS) is 2. The number of quaternary nitrogens is 2. The fourth-order valence-electron chi connectivity index (χ4n) is 5.82. The van der Waals surface area contributed by atoms with Crippen molar-refractivity contribution < 1.29 is 51.7 Å². The average Bonchev–Trinajstić information content (AvgIpc) is 3.91. The lowest BCUT2D eigenvalue weighted by molar-refractivity contribution is -0.446. The lowest BCUT2D eigenvalue weighted by atomic mass is 9.97. The Labute approximate surface area is 403 Å². The summed E-state index contributed by atoms with van der Waals surface area (Å²) in [6.45, 7) is 4.50. The van der Waals surface area contributed by atoms with Crippen LogP contribution in [0.4, 0.5) is 0 Å². The predicted molar refractivity (Wildman–Crippen MR) is 264 cm³/mol. The second kappa shape index (κ2) is 29.9. The SMILES string of the molecule is CCCO.CCCO.O=C([O-])c1sc2ccccc2c1Cl.O=C([O-])c1sc2ccccc2c1Cl.[NH3+][C@@H](c1ccccc1)[C@H](O)c1ccccc1.[NH3+][C@@H](c1ccccc1)[C@H](O)c1ccccc1. The Morgan fingerprint density at radius 1 is 0.485 bits per heavy atom. The van der Waals surface area contributed by atoms with Gasteiger partial charge in [0, 0.05) is 44.5 Å². The van der Waals surface area contributed by atoms with Crippen LogP contribution < -0.4 is 21.7 Å². The maximum absolute atomic E-state index is 10.6. The summed E-state index contributed by atoms with van der Waals surface area (Å²) in [5.41, 5.74) is 12.0. The van der Waals surface area contributed by atoms with Gasteiger partial charge in [-0.3, -0.25) is 0 Å². The van der Waals surface area contributed by atoms with Crippen LogP contribution in [0.1, 0.15) is 92.6 Å². The summed E-state index contributed by atoms with van der Waals surface area (Å²) in [5.74, 6) is -2.43. The van der Waals surface area contributed by atoms with E-state index in [1.165, 1.54) is 0 Å². The highest BCUT2D eigenvalue weighted by atomic mass is 35.5. The number of thiophene rings is 2. The quantitative estimate of drug-likeness (QED) is 0.0787. The molecule has 0 spiro atoms. The molecule has 0 aliphatic rings. The van der Waals surface area contributed by atoms with Gasteiger partial charge < -0.3 is 51.7 Å². The number of aliphatic hydroxyl groups is 4. The van der Waals surface area contributed by atoms with Gasteiger partial charge in [0.05, 0.1) is 31.7 Å². The maximum atomic E-state index is 10.6. The standard InChI is InChI=1S/2C14H15NO.2C9H5ClO2S.2C3H8O/c2*15-13(11-7-3-1-4-8-11)14(16)12-9-5-2-6-10-12;2*10-7-5-3-1-2-4-6(5)13-8(7)9(11)12;2*1-2-3-4/h2*1-10,13-14,16H,15H2;2*1-4H,(H,11,12);2*4H,2-3H2,1H3/t2*13-,14+;;;;/m00..../s1. The maximum Gasteiger partial charge on any atom is 0.140 e.